The molecule has 7 heteroatoms. The maximum absolute atomic E-state index is 14.0. The smallest absolute Gasteiger partial charge is 0.132 e. The van der Waals surface area contributed by atoms with Crippen LogP contribution in [0, 0.1) is 11.6 Å². The van der Waals surface area contributed by atoms with Crippen LogP contribution in [0.4, 0.5) is 8.78 Å². The number of halogens is 4. The molecule has 0 radical (unpaired) electrons. The lowest BCUT2D eigenvalue weighted by molar-refractivity contribution is 0.553. The van der Waals surface area contributed by atoms with Crippen LogP contribution in [-0.4, -0.2) is 14.5 Å². The van der Waals surface area contributed by atoms with E-state index >= 15 is 0 Å². The van der Waals surface area contributed by atoms with E-state index in [0.29, 0.717) is 21.3 Å². The maximum Gasteiger partial charge on any atom is 0.132 e. The molecular formula is C33H25Cl2F2N3. The SMILES string of the molecule is C/C=C\c1cnc(Cl)cc1C1=Cc2c(F)cccc2C1.CC1Cc2cnc(Cl)cc2-c2cc3c(F)cccc3n21. The second-order valence-corrected chi connectivity index (χ2v) is 10.8. The molecule has 1 aliphatic heterocycles. The zero-order valence-electron chi connectivity index (χ0n) is 21.9. The fourth-order valence-electron chi connectivity index (χ4n) is 5.70. The second-order valence-electron chi connectivity index (χ2n) is 10.0. The molecule has 7 rings (SSSR count). The summed E-state index contributed by atoms with van der Waals surface area (Å²) < 4.78 is 30.0. The molecule has 2 aliphatic rings. The third-order valence-electron chi connectivity index (χ3n) is 7.45. The van der Waals surface area contributed by atoms with E-state index in [1.54, 1.807) is 18.3 Å². The average Bonchev–Trinajstić information content (AvgIpc) is 3.55. The van der Waals surface area contributed by atoms with Crippen molar-refractivity contribution in [2.24, 2.45) is 0 Å². The molecular weight excluding hydrogens is 547 g/mol. The summed E-state index contributed by atoms with van der Waals surface area (Å²) in [7, 11) is 0. The molecule has 2 aromatic carbocycles. The summed E-state index contributed by atoms with van der Waals surface area (Å²) in [6.07, 6.45) is 11.0. The van der Waals surface area contributed by atoms with Gasteiger partial charge < -0.3 is 4.57 Å². The molecule has 0 spiro atoms. The minimum Gasteiger partial charge on any atom is -0.337 e. The fourth-order valence-corrected chi connectivity index (χ4v) is 6.01. The molecule has 1 aliphatic carbocycles. The normalized spacial score (nSPS) is 15.3. The first kappa shape index (κ1) is 26.4. The van der Waals surface area contributed by atoms with Gasteiger partial charge in [-0.3, -0.25) is 0 Å². The van der Waals surface area contributed by atoms with Crippen molar-refractivity contribution >= 4 is 51.8 Å². The van der Waals surface area contributed by atoms with Gasteiger partial charge in [-0.1, -0.05) is 53.6 Å². The molecule has 0 fully saturated rings. The Kier molecular flexibility index (Phi) is 7.03. The van der Waals surface area contributed by atoms with Gasteiger partial charge in [0.15, 0.2) is 0 Å². The molecule has 0 amide bonds. The van der Waals surface area contributed by atoms with Crippen molar-refractivity contribution in [1.29, 1.82) is 0 Å². The van der Waals surface area contributed by atoms with Crippen LogP contribution in [0.15, 0.2) is 73.1 Å². The number of pyridine rings is 2. The van der Waals surface area contributed by atoms with Gasteiger partial charge in [-0.2, -0.15) is 0 Å². The minimum atomic E-state index is -0.182. The quantitative estimate of drug-likeness (QED) is 0.197. The Morgan fingerprint density at radius 1 is 0.900 bits per heavy atom. The van der Waals surface area contributed by atoms with Crippen molar-refractivity contribution in [3.05, 3.63) is 123 Å². The lowest BCUT2D eigenvalue weighted by atomic mass is 9.97. The molecule has 1 unspecified atom stereocenters. The van der Waals surface area contributed by atoms with Crippen LogP contribution >= 0.6 is 23.2 Å². The van der Waals surface area contributed by atoms with E-state index in [9.17, 15) is 8.78 Å². The third-order valence-corrected chi connectivity index (χ3v) is 7.86. The molecule has 1 atom stereocenters. The Morgan fingerprint density at radius 3 is 2.40 bits per heavy atom. The van der Waals surface area contributed by atoms with E-state index in [1.165, 1.54) is 12.1 Å². The van der Waals surface area contributed by atoms with Crippen molar-refractivity contribution in [3.63, 3.8) is 0 Å². The van der Waals surface area contributed by atoms with Crippen molar-refractivity contribution in [2.45, 2.75) is 32.7 Å². The summed E-state index contributed by atoms with van der Waals surface area (Å²) in [5, 5.41) is 1.58. The number of fused-ring (bicyclic) bond motifs is 6. The number of aromatic nitrogens is 3. The van der Waals surface area contributed by atoms with Crippen LogP contribution in [0.1, 0.15) is 47.7 Å². The summed E-state index contributed by atoms with van der Waals surface area (Å²) in [6.45, 7) is 4.10. The zero-order valence-corrected chi connectivity index (χ0v) is 23.4. The number of allylic oxidation sites excluding steroid dienone is 2. The highest BCUT2D eigenvalue weighted by molar-refractivity contribution is 6.30. The van der Waals surface area contributed by atoms with Crippen LogP contribution in [-0.2, 0) is 12.8 Å². The molecule has 0 bridgehead atoms. The van der Waals surface area contributed by atoms with E-state index in [2.05, 4.69) is 21.5 Å². The molecule has 0 saturated carbocycles. The number of rotatable bonds is 2. The number of hydrogen-bond donors (Lipinski definition) is 0. The molecule has 3 aromatic heterocycles. The van der Waals surface area contributed by atoms with Crippen LogP contribution in [0.25, 0.3) is 39.9 Å². The van der Waals surface area contributed by atoms with Gasteiger partial charge >= 0.3 is 0 Å². The lowest BCUT2D eigenvalue weighted by Gasteiger charge is -2.26. The van der Waals surface area contributed by atoms with Gasteiger partial charge in [-0.25, -0.2) is 18.7 Å². The fraction of sp³-hybridized carbons (Fsp3) is 0.152. The van der Waals surface area contributed by atoms with Gasteiger partial charge in [0, 0.05) is 46.2 Å². The van der Waals surface area contributed by atoms with Gasteiger partial charge in [0.1, 0.15) is 21.9 Å². The van der Waals surface area contributed by atoms with Gasteiger partial charge in [-0.05, 0) is 91.4 Å². The molecule has 3 nitrogen and oxygen atoms in total. The Balaban J connectivity index is 0.000000145. The van der Waals surface area contributed by atoms with E-state index in [-0.39, 0.29) is 17.7 Å². The van der Waals surface area contributed by atoms with Crippen molar-refractivity contribution in [2.75, 3.05) is 0 Å². The summed E-state index contributed by atoms with van der Waals surface area (Å²) in [4.78, 5) is 8.26. The zero-order chi connectivity index (χ0) is 28.0. The van der Waals surface area contributed by atoms with E-state index in [4.69, 9.17) is 23.2 Å². The topological polar surface area (TPSA) is 30.7 Å². The minimum absolute atomic E-state index is 0.176. The average molecular weight is 572 g/mol. The molecule has 0 N–H and O–H groups in total. The number of nitrogens with zero attached hydrogens (tertiary/aromatic N) is 3. The number of benzene rings is 2. The first-order valence-electron chi connectivity index (χ1n) is 13.0. The van der Waals surface area contributed by atoms with Gasteiger partial charge in [-0.15, -0.1) is 0 Å². The summed E-state index contributed by atoms with van der Waals surface area (Å²) in [5.74, 6) is -0.358. The summed E-state index contributed by atoms with van der Waals surface area (Å²) in [6, 6.07) is 16.3. The van der Waals surface area contributed by atoms with Crippen LogP contribution < -0.4 is 0 Å². The molecule has 40 heavy (non-hydrogen) atoms. The van der Waals surface area contributed by atoms with Gasteiger partial charge in [0.05, 0.1) is 5.52 Å². The Bertz CT molecular complexity index is 1840. The maximum atomic E-state index is 14.0. The van der Waals surface area contributed by atoms with Crippen molar-refractivity contribution < 1.29 is 8.78 Å². The predicted octanol–water partition coefficient (Wildman–Crippen LogP) is 9.62. The highest BCUT2D eigenvalue weighted by Crippen LogP contribution is 2.40. The lowest BCUT2D eigenvalue weighted by Crippen LogP contribution is -2.15. The van der Waals surface area contributed by atoms with Crippen LogP contribution in [0.3, 0.4) is 0 Å². The molecule has 200 valence electrons. The standard InChI is InChI=1S/C17H13ClFN.C16H12ClFN2/c1-2-4-12-10-20-17(18)9-14(12)13-7-11-5-3-6-16(19)15(11)8-13;1-9-5-10-8-19-16(17)7-11(10)15-6-12-13(18)3-2-4-14(12)20(9)15/h2-6,8-10H,7H2,1H3;2-4,6-9H,5H2,1H3/b4-2-;. The van der Waals surface area contributed by atoms with Crippen molar-refractivity contribution in [3.8, 4) is 11.3 Å². The number of hydrogen-bond acceptors (Lipinski definition) is 2. The highest BCUT2D eigenvalue weighted by Gasteiger charge is 2.25. The Hall–Kier alpha value is -3.80. The first-order valence-corrected chi connectivity index (χ1v) is 13.8. The second kappa shape index (κ2) is 10.6. The van der Waals surface area contributed by atoms with E-state index < -0.39 is 0 Å². The molecule has 4 heterocycles. The van der Waals surface area contributed by atoms with Gasteiger partial charge in [0.2, 0.25) is 0 Å². The molecule has 5 aromatic rings. The van der Waals surface area contributed by atoms with Crippen LogP contribution in [0.2, 0.25) is 10.3 Å². The molecule has 0 saturated heterocycles. The van der Waals surface area contributed by atoms with Gasteiger partial charge in [0.25, 0.3) is 0 Å². The highest BCUT2D eigenvalue weighted by atomic mass is 35.5. The van der Waals surface area contributed by atoms with E-state index in [1.807, 2.05) is 61.7 Å². The summed E-state index contributed by atoms with van der Waals surface area (Å²) in [5.41, 5.74) is 8.95. The van der Waals surface area contributed by atoms with Crippen LogP contribution in [0.5, 0.6) is 0 Å². The Labute approximate surface area is 241 Å². The monoisotopic (exact) mass is 571 g/mol. The van der Waals surface area contributed by atoms with E-state index in [0.717, 1.165) is 57.4 Å². The summed E-state index contributed by atoms with van der Waals surface area (Å²) >= 11 is 12.0. The third kappa shape index (κ3) is 4.74. The first-order chi connectivity index (χ1) is 19.3. The Morgan fingerprint density at radius 2 is 1.62 bits per heavy atom. The largest absolute Gasteiger partial charge is 0.337 e. The van der Waals surface area contributed by atoms with Crippen molar-refractivity contribution in [1.82, 2.24) is 14.5 Å². The predicted molar refractivity (Wildman–Crippen MR) is 160 cm³/mol.